The van der Waals surface area contributed by atoms with Gasteiger partial charge in [0.25, 0.3) is 0 Å². The van der Waals surface area contributed by atoms with Crippen LogP contribution in [0.15, 0.2) is 58.4 Å². The number of rotatable bonds is 7. The van der Waals surface area contributed by atoms with Crippen LogP contribution in [0.1, 0.15) is 12.8 Å². The first-order chi connectivity index (χ1) is 12.3. The number of nitrogens with one attached hydrogen (secondary N) is 1. The number of alkyl halides is 3. The molecule has 1 aromatic heterocycles. The number of aryl methyl sites for hydroxylation is 1. The third-order valence-corrected chi connectivity index (χ3v) is 3.35. The van der Waals surface area contributed by atoms with Crippen molar-refractivity contribution in [1.82, 2.24) is 4.57 Å². The van der Waals surface area contributed by atoms with Crippen LogP contribution in [0, 0.1) is 0 Å². The number of unbranched alkanes of at least 4 members (excludes halogenated alkanes) is 1. The van der Waals surface area contributed by atoms with Crippen molar-refractivity contribution in [1.29, 1.82) is 0 Å². The van der Waals surface area contributed by atoms with Crippen LogP contribution in [-0.2, 0) is 6.54 Å². The first kappa shape index (κ1) is 19.4. The number of aliphatic imine (C=N–C) groups is 1. The van der Waals surface area contributed by atoms with Gasteiger partial charge in [-0.2, -0.15) is 0 Å². The minimum absolute atomic E-state index is 0.0462. The summed E-state index contributed by atoms with van der Waals surface area (Å²) >= 11 is 0. The van der Waals surface area contributed by atoms with Crippen LogP contribution in [0.3, 0.4) is 0 Å². The van der Waals surface area contributed by atoms with Gasteiger partial charge in [-0.15, -0.1) is 13.2 Å². The monoisotopic (exact) mass is 368 g/mol. The van der Waals surface area contributed by atoms with Crippen molar-refractivity contribution < 1.29 is 17.9 Å². The Morgan fingerprint density at radius 2 is 1.88 bits per heavy atom. The molecule has 0 aliphatic carbocycles. The predicted molar refractivity (Wildman–Crippen MR) is 93.2 cm³/mol. The maximum atomic E-state index is 12.1. The van der Waals surface area contributed by atoms with Gasteiger partial charge in [0.15, 0.2) is 5.96 Å². The van der Waals surface area contributed by atoms with E-state index in [4.69, 9.17) is 5.73 Å². The molecule has 140 valence electrons. The van der Waals surface area contributed by atoms with E-state index in [0.29, 0.717) is 18.8 Å². The SMILES string of the molecule is NC(=NCCCCn1ccccc1=O)Nc1ccc(OC(F)(F)F)cc1. The van der Waals surface area contributed by atoms with Gasteiger partial charge in [0.05, 0.1) is 0 Å². The summed E-state index contributed by atoms with van der Waals surface area (Å²) in [7, 11) is 0. The number of guanidine groups is 1. The molecule has 0 bridgehead atoms. The quantitative estimate of drug-likeness (QED) is 0.447. The largest absolute Gasteiger partial charge is 0.573 e. The number of hydrogen-bond acceptors (Lipinski definition) is 3. The van der Waals surface area contributed by atoms with E-state index in [2.05, 4.69) is 15.0 Å². The van der Waals surface area contributed by atoms with E-state index in [-0.39, 0.29) is 17.3 Å². The Bertz CT molecular complexity index is 786. The minimum atomic E-state index is -4.72. The van der Waals surface area contributed by atoms with Gasteiger partial charge in [0.2, 0.25) is 5.56 Å². The molecule has 0 saturated heterocycles. The zero-order valence-electron chi connectivity index (χ0n) is 13.9. The fourth-order valence-electron chi connectivity index (χ4n) is 2.17. The highest BCUT2D eigenvalue weighted by Gasteiger charge is 2.30. The number of anilines is 1. The molecule has 0 aliphatic rings. The Kier molecular flexibility index (Phi) is 6.65. The van der Waals surface area contributed by atoms with Gasteiger partial charge in [0.1, 0.15) is 5.75 Å². The van der Waals surface area contributed by atoms with Crippen molar-refractivity contribution in [3.63, 3.8) is 0 Å². The fourth-order valence-corrected chi connectivity index (χ4v) is 2.17. The summed E-state index contributed by atoms with van der Waals surface area (Å²) in [5.74, 6) is -0.152. The fraction of sp³-hybridized carbons (Fsp3) is 0.294. The summed E-state index contributed by atoms with van der Waals surface area (Å²) in [6.45, 7) is 1.07. The first-order valence-electron chi connectivity index (χ1n) is 7.92. The van der Waals surface area contributed by atoms with Crippen LogP contribution in [0.4, 0.5) is 18.9 Å². The summed E-state index contributed by atoms with van der Waals surface area (Å²) in [4.78, 5) is 15.7. The Hall–Kier alpha value is -2.97. The van der Waals surface area contributed by atoms with Gasteiger partial charge in [-0.25, -0.2) is 0 Å². The molecule has 0 spiro atoms. The van der Waals surface area contributed by atoms with Crippen molar-refractivity contribution in [2.45, 2.75) is 25.7 Å². The van der Waals surface area contributed by atoms with Gasteiger partial charge in [-0.05, 0) is 43.2 Å². The maximum Gasteiger partial charge on any atom is 0.573 e. The van der Waals surface area contributed by atoms with E-state index in [9.17, 15) is 18.0 Å². The van der Waals surface area contributed by atoms with Crippen molar-refractivity contribution >= 4 is 11.6 Å². The molecule has 6 nitrogen and oxygen atoms in total. The lowest BCUT2D eigenvalue weighted by Gasteiger charge is -2.10. The van der Waals surface area contributed by atoms with Crippen LogP contribution in [0.5, 0.6) is 5.75 Å². The van der Waals surface area contributed by atoms with Crippen molar-refractivity contribution in [3.8, 4) is 5.75 Å². The molecule has 0 atom stereocenters. The van der Waals surface area contributed by atoms with Crippen molar-refractivity contribution in [3.05, 3.63) is 59.0 Å². The lowest BCUT2D eigenvalue weighted by Crippen LogP contribution is -2.23. The maximum absolute atomic E-state index is 12.1. The van der Waals surface area contributed by atoms with Crippen LogP contribution < -0.4 is 21.3 Å². The molecule has 26 heavy (non-hydrogen) atoms. The Labute approximate surface area is 148 Å². The minimum Gasteiger partial charge on any atom is -0.406 e. The summed E-state index contributed by atoms with van der Waals surface area (Å²) in [5.41, 5.74) is 6.19. The molecule has 0 saturated carbocycles. The Morgan fingerprint density at radius 1 is 1.15 bits per heavy atom. The van der Waals surface area contributed by atoms with Crippen LogP contribution in [-0.4, -0.2) is 23.4 Å². The molecular weight excluding hydrogens is 349 g/mol. The van der Waals surface area contributed by atoms with Gasteiger partial charge in [-0.1, -0.05) is 6.07 Å². The topological polar surface area (TPSA) is 81.6 Å². The number of halogens is 3. The molecule has 2 aromatic rings. The molecule has 9 heteroatoms. The Balaban J connectivity index is 1.74. The lowest BCUT2D eigenvalue weighted by molar-refractivity contribution is -0.274. The van der Waals surface area contributed by atoms with Gasteiger partial charge < -0.3 is 20.4 Å². The summed E-state index contributed by atoms with van der Waals surface area (Å²) in [5, 5.41) is 2.79. The first-order valence-corrected chi connectivity index (χ1v) is 7.92. The average molecular weight is 368 g/mol. The van der Waals surface area contributed by atoms with E-state index < -0.39 is 6.36 Å². The molecule has 3 N–H and O–H groups in total. The molecule has 0 radical (unpaired) electrons. The summed E-state index contributed by atoms with van der Waals surface area (Å²) < 4.78 is 41.7. The Morgan fingerprint density at radius 3 is 2.54 bits per heavy atom. The van der Waals surface area contributed by atoms with Gasteiger partial charge in [-0.3, -0.25) is 9.79 Å². The lowest BCUT2D eigenvalue weighted by atomic mass is 10.3. The molecule has 0 unspecified atom stereocenters. The van der Waals surface area contributed by atoms with E-state index in [1.165, 1.54) is 30.3 Å². The predicted octanol–water partition coefficient (Wildman–Crippen LogP) is 2.95. The standard InChI is InChI=1S/C17H19F3N4O2/c18-17(19,20)26-14-8-6-13(7-9-14)23-16(21)22-10-2-4-12-24-11-3-1-5-15(24)25/h1,3,5-9,11H,2,4,10,12H2,(H3,21,22,23). The molecule has 0 fully saturated rings. The molecule has 0 amide bonds. The number of aromatic nitrogens is 1. The average Bonchev–Trinajstić information content (AvgIpc) is 2.56. The van der Waals surface area contributed by atoms with Crippen LogP contribution in [0.25, 0.3) is 0 Å². The van der Waals surface area contributed by atoms with Gasteiger partial charge in [0, 0.05) is 31.0 Å². The molecule has 1 aromatic carbocycles. The third-order valence-electron chi connectivity index (χ3n) is 3.35. The highest BCUT2D eigenvalue weighted by molar-refractivity contribution is 5.92. The summed E-state index contributed by atoms with van der Waals surface area (Å²) in [6, 6.07) is 10.2. The highest BCUT2D eigenvalue weighted by atomic mass is 19.4. The molecule has 0 aliphatic heterocycles. The van der Waals surface area contributed by atoms with E-state index >= 15 is 0 Å². The van der Waals surface area contributed by atoms with E-state index in [0.717, 1.165) is 12.8 Å². The number of hydrogen-bond donors (Lipinski definition) is 2. The van der Waals surface area contributed by atoms with Crippen LogP contribution >= 0.6 is 0 Å². The second-order valence-electron chi connectivity index (χ2n) is 5.40. The smallest absolute Gasteiger partial charge is 0.406 e. The number of nitrogens with two attached hydrogens (primary N) is 1. The number of nitrogens with zero attached hydrogens (tertiary/aromatic N) is 2. The summed E-state index contributed by atoms with van der Waals surface area (Å²) in [6.07, 6.45) is -1.49. The van der Waals surface area contributed by atoms with E-state index in [1.54, 1.807) is 22.9 Å². The zero-order valence-corrected chi connectivity index (χ0v) is 13.9. The molecule has 1 heterocycles. The number of benzene rings is 1. The van der Waals surface area contributed by atoms with E-state index in [1.807, 2.05) is 0 Å². The normalized spacial score (nSPS) is 12.0. The second-order valence-corrected chi connectivity index (χ2v) is 5.40. The van der Waals surface area contributed by atoms with Crippen molar-refractivity contribution in [2.75, 3.05) is 11.9 Å². The highest BCUT2D eigenvalue weighted by Crippen LogP contribution is 2.23. The molecular formula is C17H19F3N4O2. The van der Waals surface area contributed by atoms with Crippen molar-refractivity contribution in [2.24, 2.45) is 10.7 Å². The molecule has 2 rings (SSSR count). The second kappa shape index (κ2) is 8.93. The number of pyridine rings is 1. The third kappa shape index (κ3) is 6.88. The zero-order chi connectivity index (χ0) is 19.0. The van der Waals surface area contributed by atoms with Crippen LogP contribution in [0.2, 0.25) is 0 Å². The van der Waals surface area contributed by atoms with Gasteiger partial charge >= 0.3 is 6.36 Å². The number of ether oxygens (including phenoxy) is 1.